The minimum absolute atomic E-state index is 0.0417. The largest absolute Gasteiger partial charge is 0.497 e. The Hall–Kier alpha value is -4.45. The second-order valence-electron chi connectivity index (χ2n) is 9.19. The highest BCUT2D eigenvalue weighted by molar-refractivity contribution is 5.48. The van der Waals surface area contributed by atoms with Gasteiger partial charge in [0.2, 0.25) is 0 Å². The highest BCUT2D eigenvalue weighted by atomic mass is 19.1. The van der Waals surface area contributed by atoms with Gasteiger partial charge >= 0.3 is 5.69 Å². The minimum Gasteiger partial charge on any atom is -0.497 e. The van der Waals surface area contributed by atoms with Gasteiger partial charge in [-0.3, -0.25) is 14.3 Å². The molecule has 0 aliphatic carbocycles. The molecule has 0 saturated carbocycles. The van der Waals surface area contributed by atoms with E-state index in [0.29, 0.717) is 5.75 Å². The van der Waals surface area contributed by atoms with Gasteiger partial charge in [0.15, 0.2) is 0 Å². The number of halogens is 1. The van der Waals surface area contributed by atoms with Gasteiger partial charge in [0.1, 0.15) is 35.4 Å². The van der Waals surface area contributed by atoms with E-state index in [-0.39, 0.29) is 18.6 Å². The second-order valence-corrected chi connectivity index (χ2v) is 9.19. The highest BCUT2D eigenvalue weighted by Gasteiger charge is 2.42. The van der Waals surface area contributed by atoms with Crippen molar-refractivity contribution in [1.29, 1.82) is 0 Å². The zero-order valence-electron chi connectivity index (χ0n) is 21.3. The Kier molecular flexibility index (Phi) is 7.46. The maximum absolute atomic E-state index is 15.3. The number of aromatic nitrogens is 2. The van der Waals surface area contributed by atoms with Crippen LogP contribution >= 0.6 is 0 Å². The van der Waals surface area contributed by atoms with Crippen molar-refractivity contribution in [2.45, 2.75) is 30.5 Å². The molecule has 8 heteroatoms. The van der Waals surface area contributed by atoms with Gasteiger partial charge in [0, 0.05) is 12.6 Å². The zero-order chi connectivity index (χ0) is 27.4. The van der Waals surface area contributed by atoms with Crippen LogP contribution in [0.3, 0.4) is 0 Å². The molecule has 1 N–H and O–H groups in total. The van der Waals surface area contributed by atoms with E-state index in [1.165, 1.54) is 6.20 Å². The first-order chi connectivity index (χ1) is 19.0. The van der Waals surface area contributed by atoms with Crippen LogP contribution in [0.2, 0.25) is 0 Å². The number of benzene rings is 3. The third-order valence-corrected chi connectivity index (χ3v) is 6.92. The van der Waals surface area contributed by atoms with Crippen molar-refractivity contribution in [3.05, 3.63) is 134 Å². The maximum atomic E-state index is 15.3. The van der Waals surface area contributed by atoms with Gasteiger partial charge in [-0.2, -0.15) is 0 Å². The van der Waals surface area contributed by atoms with Crippen LogP contribution in [0.25, 0.3) is 0 Å². The second kappa shape index (κ2) is 11.1. The molecule has 0 amide bonds. The van der Waals surface area contributed by atoms with Crippen molar-refractivity contribution in [1.82, 2.24) is 9.55 Å². The summed E-state index contributed by atoms with van der Waals surface area (Å²) in [4.78, 5) is 26.5. The molecule has 0 radical (unpaired) electrons. The molecule has 0 spiro atoms. The molecule has 1 aromatic heterocycles. The molecule has 7 nitrogen and oxygen atoms in total. The quantitative estimate of drug-likeness (QED) is 0.275. The Balaban J connectivity index is 1.52. The van der Waals surface area contributed by atoms with Crippen molar-refractivity contribution in [2.24, 2.45) is 0 Å². The summed E-state index contributed by atoms with van der Waals surface area (Å²) in [7, 11) is 1.60. The molecule has 4 aromatic rings. The lowest BCUT2D eigenvalue weighted by Gasteiger charge is -2.37. The summed E-state index contributed by atoms with van der Waals surface area (Å²) in [5.74, 6) is 2.92. The van der Waals surface area contributed by atoms with Crippen LogP contribution in [-0.4, -0.2) is 35.5 Å². The number of nitrogens with zero attached hydrogens (tertiary/aromatic N) is 1. The first-order valence-corrected chi connectivity index (χ1v) is 12.5. The number of alkyl halides is 1. The summed E-state index contributed by atoms with van der Waals surface area (Å²) in [6, 6.07) is 26.9. The van der Waals surface area contributed by atoms with Gasteiger partial charge in [-0.1, -0.05) is 78.7 Å². The van der Waals surface area contributed by atoms with E-state index in [4.69, 9.17) is 20.6 Å². The monoisotopic (exact) mass is 526 g/mol. The Labute approximate surface area is 224 Å². The van der Waals surface area contributed by atoms with Gasteiger partial charge in [0.25, 0.3) is 5.56 Å². The van der Waals surface area contributed by atoms with Gasteiger partial charge in [-0.15, -0.1) is 6.42 Å². The molecule has 2 heterocycles. The van der Waals surface area contributed by atoms with Crippen LogP contribution in [0.5, 0.6) is 5.75 Å². The van der Waals surface area contributed by atoms with Crippen LogP contribution in [0.1, 0.15) is 34.9 Å². The summed E-state index contributed by atoms with van der Waals surface area (Å²) in [5.41, 5.74) is -0.0197. The van der Waals surface area contributed by atoms with Gasteiger partial charge in [-0.05, 0) is 28.8 Å². The Morgan fingerprint density at radius 3 is 2.15 bits per heavy atom. The number of aromatic amines is 1. The van der Waals surface area contributed by atoms with E-state index in [9.17, 15) is 9.59 Å². The van der Waals surface area contributed by atoms with Crippen molar-refractivity contribution in [3.8, 4) is 18.1 Å². The summed E-state index contributed by atoms with van der Waals surface area (Å²) < 4.78 is 34.5. The predicted molar refractivity (Wildman–Crippen MR) is 144 cm³/mol. The fraction of sp³-hybridized carbons (Fsp3) is 0.226. The molecule has 1 aliphatic rings. The lowest BCUT2D eigenvalue weighted by molar-refractivity contribution is -0.0868. The van der Waals surface area contributed by atoms with Crippen molar-refractivity contribution < 1.29 is 18.6 Å². The summed E-state index contributed by atoms with van der Waals surface area (Å²) in [6.07, 6.45) is 3.14. The van der Waals surface area contributed by atoms with Crippen LogP contribution in [0.4, 0.5) is 4.39 Å². The number of H-pyrrole nitrogens is 1. The SMILES string of the molecule is C#Cc1cn([C@H]2C[C@H](F)[C@@H](COC(c3ccccc3)(c3ccccc3)c3ccc(OC)cc3)O2)c(=O)[nH]c1=O. The number of methoxy groups -OCH3 is 1. The van der Waals surface area contributed by atoms with Crippen molar-refractivity contribution in [3.63, 3.8) is 0 Å². The van der Waals surface area contributed by atoms with Crippen molar-refractivity contribution >= 4 is 0 Å². The molecule has 0 unspecified atom stereocenters. The van der Waals surface area contributed by atoms with Gasteiger partial charge in [0.05, 0.1) is 13.7 Å². The van der Waals surface area contributed by atoms with Gasteiger partial charge < -0.3 is 14.2 Å². The minimum atomic E-state index is -1.43. The fourth-order valence-electron chi connectivity index (χ4n) is 4.94. The zero-order valence-corrected chi connectivity index (χ0v) is 21.3. The number of hydrogen-bond acceptors (Lipinski definition) is 5. The van der Waals surface area contributed by atoms with E-state index in [0.717, 1.165) is 21.3 Å². The van der Waals surface area contributed by atoms with Gasteiger partial charge in [-0.25, -0.2) is 9.18 Å². The van der Waals surface area contributed by atoms with E-state index < -0.39 is 35.4 Å². The van der Waals surface area contributed by atoms with E-state index >= 15 is 4.39 Å². The Morgan fingerprint density at radius 2 is 1.59 bits per heavy atom. The molecule has 1 saturated heterocycles. The van der Waals surface area contributed by atoms with E-state index in [2.05, 4.69) is 10.9 Å². The molecular formula is C31H27FN2O5. The number of hydrogen-bond donors (Lipinski definition) is 1. The average molecular weight is 527 g/mol. The topological polar surface area (TPSA) is 82.6 Å². The Morgan fingerprint density at radius 1 is 1.00 bits per heavy atom. The maximum Gasteiger partial charge on any atom is 0.330 e. The van der Waals surface area contributed by atoms with Crippen molar-refractivity contribution in [2.75, 3.05) is 13.7 Å². The van der Waals surface area contributed by atoms with E-state index in [1.807, 2.05) is 84.9 Å². The Bertz CT molecular complexity index is 1540. The van der Waals surface area contributed by atoms with Crippen LogP contribution in [-0.2, 0) is 15.1 Å². The highest BCUT2D eigenvalue weighted by Crippen LogP contribution is 2.42. The molecule has 5 rings (SSSR count). The third kappa shape index (κ3) is 5.02. The van der Waals surface area contributed by atoms with Crippen LogP contribution < -0.4 is 16.0 Å². The molecule has 0 bridgehead atoms. The number of rotatable bonds is 8. The first-order valence-electron chi connectivity index (χ1n) is 12.5. The molecule has 3 atom stereocenters. The molecule has 1 fully saturated rings. The van der Waals surface area contributed by atoms with E-state index in [1.54, 1.807) is 7.11 Å². The first kappa shape index (κ1) is 26.2. The number of nitrogens with one attached hydrogen (secondary N) is 1. The molecule has 3 aromatic carbocycles. The lowest BCUT2D eigenvalue weighted by Crippen LogP contribution is -2.37. The standard InChI is InChI=1S/C31H27FN2O5/c1-3-21-19-34(30(36)33-29(21)35)28-18-26(32)27(39-28)20-38-31(22-10-6-4-7-11-22,23-12-8-5-9-13-23)24-14-16-25(37-2)17-15-24/h1,4-17,19,26-28H,18,20H2,2H3,(H,33,35,36)/t26-,27+,28+/m0/s1. The predicted octanol–water partition coefficient (Wildman–Crippen LogP) is 4.16. The lowest BCUT2D eigenvalue weighted by atomic mass is 9.80. The summed E-state index contributed by atoms with van der Waals surface area (Å²) in [5, 5.41) is 0. The average Bonchev–Trinajstić information content (AvgIpc) is 3.34. The molecular weight excluding hydrogens is 499 g/mol. The molecule has 39 heavy (non-hydrogen) atoms. The number of terminal acetylenes is 1. The molecule has 198 valence electrons. The normalized spacial score (nSPS) is 18.9. The smallest absolute Gasteiger partial charge is 0.330 e. The molecule has 1 aliphatic heterocycles. The summed E-state index contributed by atoms with van der Waals surface area (Å²) >= 11 is 0. The summed E-state index contributed by atoms with van der Waals surface area (Å²) in [6.45, 7) is -0.117. The van der Waals surface area contributed by atoms with Crippen LogP contribution in [0.15, 0.2) is 101 Å². The third-order valence-electron chi connectivity index (χ3n) is 6.92. The van der Waals surface area contributed by atoms with Crippen LogP contribution in [0, 0.1) is 12.3 Å². The fourth-order valence-corrected chi connectivity index (χ4v) is 4.94. The number of ether oxygens (including phenoxy) is 3.